The fourth-order valence-electron chi connectivity index (χ4n) is 6.05. The number of carbonyl (C=O) groups is 3. The van der Waals surface area contributed by atoms with Crippen LogP contribution in [0.15, 0.2) is 5.38 Å². The number of likely N-dealkylation sites (N-methyl/N-ethyl adjacent to an activating group) is 2. The van der Waals surface area contributed by atoms with Crippen molar-refractivity contribution in [2.75, 3.05) is 27.2 Å². The Kier molecular flexibility index (Phi) is 15.3. The third-order valence-corrected chi connectivity index (χ3v) is 15.1. The van der Waals surface area contributed by atoms with Gasteiger partial charge in [-0.25, -0.2) is 9.78 Å². The summed E-state index contributed by atoms with van der Waals surface area (Å²) in [6.07, 6.45) is 3.90. The average molecular weight is 639 g/mol. The number of carbonyl (C=O) groups excluding carboxylic acids is 3. The number of likely N-dealkylation sites (tertiary alicyclic amines) is 1. The van der Waals surface area contributed by atoms with Crippen molar-refractivity contribution in [1.82, 2.24) is 20.1 Å². The van der Waals surface area contributed by atoms with Gasteiger partial charge in [0.25, 0.3) is 0 Å². The van der Waals surface area contributed by atoms with Crippen molar-refractivity contribution in [2.24, 2.45) is 11.8 Å². The highest BCUT2D eigenvalue weighted by molar-refractivity contribution is 7.09. The second kappa shape index (κ2) is 17.6. The first kappa shape index (κ1) is 37.4. The third-order valence-electron chi connectivity index (χ3n) is 9.53. The fraction of sp³-hybridized carbons (Fsp3) is 0.812. The van der Waals surface area contributed by atoms with Crippen molar-refractivity contribution >= 4 is 37.4 Å². The molecule has 1 aromatic rings. The molecule has 1 aromatic heterocycles. The molecule has 1 aliphatic rings. The predicted octanol–water partition coefficient (Wildman–Crippen LogP) is 6.27. The van der Waals surface area contributed by atoms with Crippen molar-refractivity contribution in [3.63, 3.8) is 0 Å². The molecule has 1 N–H and O–H groups in total. The van der Waals surface area contributed by atoms with Gasteiger partial charge >= 0.3 is 5.97 Å². The Morgan fingerprint density at radius 3 is 2.30 bits per heavy atom. The molecule has 43 heavy (non-hydrogen) atoms. The van der Waals surface area contributed by atoms with Crippen molar-refractivity contribution in [2.45, 2.75) is 130 Å². The number of thiazole rings is 1. The van der Waals surface area contributed by atoms with Gasteiger partial charge in [0, 0.05) is 18.5 Å². The van der Waals surface area contributed by atoms with Gasteiger partial charge < -0.3 is 19.4 Å². The van der Waals surface area contributed by atoms with Crippen LogP contribution in [0, 0.1) is 11.8 Å². The summed E-state index contributed by atoms with van der Waals surface area (Å²) in [5.74, 6) is -0.454. The van der Waals surface area contributed by atoms with Gasteiger partial charge in [-0.2, -0.15) is 0 Å². The van der Waals surface area contributed by atoms with Gasteiger partial charge in [-0.3, -0.25) is 14.5 Å². The molecule has 1 aliphatic heterocycles. The molecule has 9 nitrogen and oxygen atoms in total. The Hall–Kier alpha value is -1.82. The maximum Gasteiger partial charge on any atom is 0.357 e. The van der Waals surface area contributed by atoms with Crippen LogP contribution in [0.1, 0.15) is 109 Å². The van der Waals surface area contributed by atoms with Gasteiger partial charge in [0.15, 0.2) is 14.0 Å². The first-order valence-corrected chi connectivity index (χ1v) is 19.9. The Bertz CT molecular complexity index is 1020. The van der Waals surface area contributed by atoms with Gasteiger partial charge in [-0.05, 0) is 69.7 Å². The van der Waals surface area contributed by atoms with Crippen LogP contribution in [-0.4, -0.2) is 86.3 Å². The van der Waals surface area contributed by atoms with Crippen molar-refractivity contribution in [3.05, 3.63) is 16.1 Å². The van der Waals surface area contributed by atoms with E-state index in [4.69, 9.17) is 9.16 Å². The van der Waals surface area contributed by atoms with Gasteiger partial charge in [0.05, 0.1) is 18.8 Å². The number of hydrogen-bond donors (Lipinski definition) is 1. The topological polar surface area (TPSA) is 101 Å². The van der Waals surface area contributed by atoms with E-state index >= 15 is 0 Å². The molecule has 11 heteroatoms. The number of nitrogens with one attached hydrogen (secondary N) is 1. The quantitative estimate of drug-likeness (QED) is 0.159. The molecule has 0 aliphatic carbocycles. The average Bonchev–Trinajstić information content (AvgIpc) is 3.50. The predicted molar refractivity (Wildman–Crippen MR) is 177 cm³/mol. The summed E-state index contributed by atoms with van der Waals surface area (Å²) in [5, 5.41) is 5.65. The molecule has 2 amide bonds. The summed E-state index contributed by atoms with van der Waals surface area (Å²) in [6.45, 7) is 17.9. The van der Waals surface area contributed by atoms with Crippen LogP contribution in [0.2, 0.25) is 18.1 Å². The van der Waals surface area contributed by atoms with Crippen LogP contribution in [0.3, 0.4) is 0 Å². The molecular weight excluding hydrogens is 581 g/mol. The van der Waals surface area contributed by atoms with Crippen molar-refractivity contribution in [3.8, 4) is 0 Å². The molecule has 2 rings (SSSR count). The molecule has 0 bridgehead atoms. The van der Waals surface area contributed by atoms with Crippen molar-refractivity contribution < 1.29 is 23.5 Å². The number of nitrogens with zero attached hydrogens (tertiary/aromatic N) is 3. The summed E-state index contributed by atoms with van der Waals surface area (Å²) < 4.78 is 12.2. The SMILES string of the molecule is CCOC(=O)c1csc(C(C[C@H](C(C)C)N(C)C(=O)[C@@H](NC(=O)[C@H]2CCCCN2C)[C@@H](C)CC)O[Si](CC)(CC)CC)n1. The molecule has 1 saturated heterocycles. The molecule has 0 aromatic carbocycles. The van der Waals surface area contributed by atoms with Crippen LogP contribution < -0.4 is 5.32 Å². The van der Waals surface area contributed by atoms with E-state index in [9.17, 15) is 14.4 Å². The zero-order valence-corrected chi connectivity index (χ0v) is 30.2. The number of amides is 2. The fourth-order valence-corrected chi connectivity index (χ4v) is 9.78. The lowest BCUT2D eigenvalue weighted by Crippen LogP contribution is -2.58. The highest BCUT2D eigenvalue weighted by Crippen LogP contribution is 2.36. The van der Waals surface area contributed by atoms with E-state index in [1.165, 1.54) is 11.3 Å². The smallest absolute Gasteiger partial charge is 0.357 e. The summed E-state index contributed by atoms with van der Waals surface area (Å²) in [6, 6.07) is 1.96. The lowest BCUT2D eigenvalue weighted by atomic mass is 9.92. The molecule has 0 radical (unpaired) electrons. The number of rotatable bonds is 17. The minimum Gasteiger partial charge on any atom is -0.461 e. The highest BCUT2D eigenvalue weighted by Gasteiger charge is 2.39. The summed E-state index contributed by atoms with van der Waals surface area (Å²) in [5.41, 5.74) is 0.296. The molecule has 0 saturated carbocycles. The molecule has 0 spiro atoms. The largest absolute Gasteiger partial charge is 0.461 e. The molecule has 1 fully saturated rings. The number of piperidine rings is 1. The maximum atomic E-state index is 14.2. The van der Waals surface area contributed by atoms with Crippen LogP contribution in [-0.2, 0) is 18.8 Å². The second-order valence-corrected chi connectivity index (χ2v) is 18.1. The first-order chi connectivity index (χ1) is 20.4. The van der Waals surface area contributed by atoms with Gasteiger partial charge in [-0.15, -0.1) is 11.3 Å². The molecule has 5 atom stereocenters. The third kappa shape index (κ3) is 9.83. The Balaban J connectivity index is 2.40. The van der Waals surface area contributed by atoms with E-state index in [1.54, 1.807) is 12.3 Å². The van der Waals surface area contributed by atoms with Crippen LogP contribution in [0.25, 0.3) is 0 Å². The lowest BCUT2D eigenvalue weighted by Gasteiger charge is -2.40. The second-order valence-electron chi connectivity index (χ2n) is 12.5. The number of hydrogen-bond acceptors (Lipinski definition) is 8. The summed E-state index contributed by atoms with van der Waals surface area (Å²) in [7, 11) is 1.78. The number of ether oxygens (including phenoxy) is 1. The van der Waals surface area contributed by atoms with Crippen LogP contribution in [0.5, 0.6) is 0 Å². The Labute approximate surface area is 265 Å². The van der Waals surface area contributed by atoms with Gasteiger partial charge in [-0.1, -0.05) is 61.3 Å². The minimum absolute atomic E-state index is 0.0147. The maximum absolute atomic E-state index is 14.2. The number of esters is 1. The molecule has 1 unspecified atom stereocenters. The van der Waals surface area contributed by atoms with Crippen LogP contribution in [0.4, 0.5) is 0 Å². The first-order valence-electron chi connectivity index (χ1n) is 16.5. The van der Waals surface area contributed by atoms with E-state index in [0.29, 0.717) is 12.1 Å². The van der Waals surface area contributed by atoms with E-state index in [-0.39, 0.29) is 48.4 Å². The zero-order valence-electron chi connectivity index (χ0n) is 28.4. The monoisotopic (exact) mass is 638 g/mol. The van der Waals surface area contributed by atoms with E-state index in [2.05, 4.69) is 56.7 Å². The molecule has 246 valence electrons. The van der Waals surface area contributed by atoms with E-state index in [1.807, 2.05) is 25.9 Å². The molecule has 2 heterocycles. The van der Waals surface area contributed by atoms with Crippen molar-refractivity contribution in [1.29, 1.82) is 0 Å². The Morgan fingerprint density at radius 1 is 1.12 bits per heavy atom. The van der Waals surface area contributed by atoms with Crippen LogP contribution >= 0.6 is 11.3 Å². The van der Waals surface area contributed by atoms with Gasteiger partial charge in [0.2, 0.25) is 11.8 Å². The normalized spacial score (nSPS) is 19.0. The summed E-state index contributed by atoms with van der Waals surface area (Å²) >= 11 is 1.42. The highest BCUT2D eigenvalue weighted by atomic mass is 32.1. The zero-order chi connectivity index (χ0) is 32.3. The van der Waals surface area contributed by atoms with E-state index < -0.39 is 20.3 Å². The van der Waals surface area contributed by atoms with E-state index in [0.717, 1.165) is 55.4 Å². The lowest BCUT2D eigenvalue weighted by molar-refractivity contribution is -0.141. The Morgan fingerprint density at radius 2 is 1.77 bits per heavy atom. The van der Waals surface area contributed by atoms with Gasteiger partial charge in [0.1, 0.15) is 11.0 Å². The molecular formula is C32H58N4O5SSi. The standard InChI is InChI=1S/C32H58N4O5SSi/c1-11-23(8)28(34-29(37)25-18-16-17-19-35(25)9)31(38)36(10)26(22(6)7)20-27(41-43(13-3,14-4)15-5)30-33-24(21-42-30)32(39)40-12-2/h21-23,25-28H,11-20H2,1-10H3,(H,34,37)/t23-,25+,26+,27?,28-/m0/s1. The summed E-state index contributed by atoms with van der Waals surface area (Å²) in [4.78, 5) is 48.7. The number of aromatic nitrogens is 1. The minimum atomic E-state index is -2.07.